The minimum atomic E-state index is -5.57. The van der Waals surface area contributed by atoms with Gasteiger partial charge in [-0.2, -0.15) is 4.31 Å². The summed E-state index contributed by atoms with van der Waals surface area (Å²) in [7, 11) is -16.4. The summed E-state index contributed by atoms with van der Waals surface area (Å²) >= 11 is 1.06. The van der Waals surface area contributed by atoms with Crippen LogP contribution in [-0.2, 0) is 50.7 Å². The molecule has 3 heterocycles. The van der Waals surface area contributed by atoms with E-state index in [1.165, 1.54) is 52.0 Å². The number of ether oxygens (including phenoxy) is 1. The number of nitrogens with zero attached hydrogens (tertiary/aromatic N) is 4. The number of hydrogen-bond acceptors (Lipinski definition) is 18. The maximum atomic E-state index is 12.7. The predicted octanol–water partition coefficient (Wildman–Crippen LogP) is 2.36. The molecule has 2 amide bonds. The molecule has 0 saturated carbocycles. The average Bonchev–Trinajstić information content (AvgIpc) is 3.73. The molecule has 346 valence electrons. The van der Waals surface area contributed by atoms with Crippen LogP contribution in [0.3, 0.4) is 0 Å². The summed E-state index contributed by atoms with van der Waals surface area (Å²) < 4.78 is 62.3. The normalized spacial score (nSPS) is 21.0. The van der Waals surface area contributed by atoms with Crippen molar-refractivity contribution in [2.75, 3.05) is 37.8 Å². The van der Waals surface area contributed by atoms with Gasteiger partial charge in [-0.15, -0.1) is 0 Å². The number of aromatic nitrogens is 4. The van der Waals surface area contributed by atoms with Crippen LogP contribution in [0.4, 0.5) is 5.82 Å². The third-order valence-electron chi connectivity index (χ3n) is 8.97. The number of aliphatic hydroxyl groups excluding tert-OH is 2. The van der Waals surface area contributed by atoms with Crippen LogP contribution >= 0.6 is 35.2 Å². The van der Waals surface area contributed by atoms with E-state index in [4.69, 9.17) is 19.5 Å². The lowest BCUT2D eigenvalue weighted by atomic mass is 9.87. The summed E-state index contributed by atoms with van der Waals surface area (Å²) in [6.45, 7) is 2.69. The molecule has 3 rings (SSSR count). The van der Waals surface area contributed by atoms with Crippen molar-refractivity contribution in [3.05, 3.63) is 24.8 Å². The Balaban J connectivity index is 1.40. The van der Waals surface area contributed by atoms with Gasteiger partial charge >= 0.3 is 23.5 Å². The Labute approximate surface area is 356 Å². The van der Waals surface area contributed by atoms with E-state index in [0.717, 1.165) is 48.2 Å². The Morgan fingerprint density at radius 2 is 1.67 bits per heavy atom. The number of fused-ring (bicyclic) bond motifs is 1. The van der Waals surface area contributed by atoms with Crippen molar-refractivity contribution in [1.82, 2.24) is 30.2 Å². The highest BCUT2D eigenvalue weighted by atomic mass is 32.2. The van der Waals surface area contributed by atoms with Gasteiger partial charge in [0.05, 0.1) is 19.5 Å². The smallest absolute Gasteiger partial charge is 0.386 e. The van der Waals surface area contributed by atoms with Crippen molar-refractivity contribution in [3.8, 4) is 0 Å². The first-order chi connectivity index (χ1) is 28.6. The molecule has 1 fully saturated rings. The Morgan fingerprint density at radius 1 is 1.00 bits per heavy atom. The van der Waals surface area contributed by atoms with Crippen molar-refractivity contribution in [2.24, 2.45) is 5.41 Å². The first-order valence-corrected chi connectivity index (χ1v) is 24.8. The third-order valence-corrected chi connectivity index (χ3v) is 12.9. The number of nitrogen functional groups attached to an aromatic ring is 1. The Hall–Kier alpha value is -2.70. The summed E-state index contributed by atoms with van der Waals surface area (Å²) in [5, 5.41) is 26.4. The Kier molecular flexibility index (Phi) is 21.0. The highest BCUT2D eigenvalue weighted by Crippen LogP contribution is 2.61. The number of nitrogens with one attached hydrogen (secondary N) is 2. The number of rotatable bonds is 28. The minimum Gasteiger partial charge on any atom is -0.386 e. The molecule has 7 atom stereocenters. The van der Waals surface area contributed by atoms with Crippen molar-refractivity contribution < 1.29 is 80.5 Å². The number of allylic oxidation sites excluding steroid dienone is 1. The molecule has 1 saturated heterocycles. The number of hydrogen-bond donors (Lipinski definition) is 9. The third kappa shape index (κ3) is 18.1. The maximum Gasteiger partial charge on any atom is 0.481 e. The van der Waals surface area contributed by atoms with Crippen molar-refractivity contribution >= 4 is 69.1 Å². The zero-order valence-electron chi connectivity index (χ0n) is 33.9. The second-order valence-electron chi connectivity index (χ2n) is 14.5. The molecule has 1 aliphatic heterocycles. The molecule has 2 aromatic rings. The van der Waals surface area contributed by atoms with E-state index < -0.39 is 84.6 Å². The number of phosphoric acid groups is 3. The number of anilines is 1. The fourth-order valence-electron chi connectivity index (χ4n) is 5.73. The quantitative estimate of drug-likeness (QED) is 0.0336. The zero-order chi connectivity index (χ0) is 45.4. The summed E-state index contributed by atoms with van der Waals surface area (Å²) in [5.74, 6) is -1.10. The largest absolute Gasteiger partial charge is 0.481 e. The molecule has 2 aromatic heterocycles. The lowest BCUT2D eigenvalue weighted by Gasteiger charge is -2.30. The fourth-order valence-corrected chi connectivity index (χ4v) is 9.16. The fraction of sp³-hybridized carbons (Fsp3) is 0.697. The standard InChI is InChI=1S/C33H56N7O17P3S/c1-4-5-6-7-8-9-10-11-12-13-24(42)61-17-16-35-23(41)14-15-36-31(45)28(44)33(2,3)19-54-60(51,52)57-59(49,50)53-18-22-27(56-58(46,47)48)26(43)32(55-22)40-21-39-25-29(34)37-20-38-30(25)40/h12-13,20-22,26-28,32,43-44H,4-11,14-19H2,1-3H3,(H,35,41)(H,36,45)(H,49,50)(H,51,52)(H2,34,37,38)(H2,46,47,48)/b13-12+/t22-,26?,27+,28+,32-/m1/s1. The first kappa shape index (κ1) is 52.6. The molecule has 0 spiro atoms. The molecule has 1 aliphatic rings. The number of carbonyl (C=O) groups excluding carboxylic acids is 3. The van der Waals surface area contributed by atoms with E-state index >= 15 is 0 Å². The topological polar surface area (TPSA) is 364 Å². The second kappa shape index (κ2) is 24.4. The van der Waals surface area contributed by atoms with Crippen molar-refractivity contribution in [2.45, 2.75) is 109 Å². The van der Waals surface area contributed by atoms with Gasteiger partial charge in [-0.1, -0.05) is 77.1 Å². The molecule has 61 heavy (non-hydrogen) atoms. The van der Waals surface area contributed by atoms with Crippen molar-refractivity contribution in [3.63, 3.8) is 0 Å². The SMILES string of the molecule is CCCCCCCCC/C=C/C(=O)SCCNC(=O)CCNC(=O)[C@H](O)C(C)(C)COP(=O)(O)OP(=O)(O)OC[C@H]1O[C@@H](n2cnc3c(N)ncnc32)C(O)[C@H]1OP(=O)(O)O. The van der Waals surface area contributed by atoms with Crippen LogP contribution in [0, 0.1) is 5.41 Å². The number of imidazole rings is 1. The molecule has 10 N–H and O–H groups in total. The predicted molar refractivity (Wildman–Crippen MR) is 219 cm³/mol. The lowest BCUT2D eigenvalue weighted by Crippen LogP contribution is -2.46. The number of carbonyl (C=O) groups is 3. The van der Waals surface area contributed by atoms with Crippen LogP contribution in [0.25, 0.3) is 11.2 Å². The lowest BCUT2D eigenvalue weighted by molar-refractivity contribution is -0.137. The number of nitrogens with two attached hydrogens (primary N) is 1. The van der Waals surface area contributed by atoms with Crippen LogP contribution in [0.5, 0.6) is 0 Å². The van der Waals surface area contributed by atoms with Gasteiger partial charge in [-0.05, 0) is 18.9 Å². The van der Waals surface area contributed by atoms with Gasteiger partial charge in [0.15, 0.2) is 17.7 Å². The van der Waals surface area contributed by atoms with Crippen LogP contribution < -0.4 is 16.4 Å². The van der Waals surface area contributed by atoms with Crippen LogP contribution in [-0.4, -0.2) is 123 Å². The van der Waals surface area contributed by atoms with Gasteiger partial charge in [0.2, 0.25) is 16.9 Å². The van der Waals surface area contributed by atoms with Crippen LogP contribution in [0.15, 0.2) is 24.8 Å². The average molecular weight is 948 g/mol. The number of unbranched alkanes of at least 4 members (excludes halogenated alkanes) is 7. The molecule has 3 unspecified atom stereocenters. The van der Waals surface area contributed by atoms with E-state index in [2.05, 4.69) is 41.3 Å². The molecule has 24 nitrogen and oxygen atoms in total. The van der Waals surface area contributed by atoms with Gasteiger partial charge in [0.25, 0.3) is 0 Å². The number of thioether (sulfide) groups is 1. The molecule has 0 radical (unpaired) electrons. The number of amides is 2. The molecular weight excluding hydrogens is 891 g/mol. The molecule has 0 bridgehead atoms. The molecular formula is C33H56N7O17P3S. The molecule has 28 heteroatoms. The van der Waals surface area contributed by atoms with Crippen LogP contribution in [0.2, 0.25) is 0 Å². The summed E-state index contributed by atoms with van der Waals surface area (Å²) in [4.78, 5) is 87.9. The summed E-state index contributed by atoms with van der Waals surface area (Å²) in [5.41, 5.74) is 4.27. The highest BCUT2D eigenvalue weighted by molar-refractivity contribution is 8.14. The van der Waals surface area contributed by atoms with Crippen LogP contribution in [0.1, 0.15) is 84.8 Å². The molecule has 0 aromatic carbocycles. The first-order valence-electron chi connectivity index (χ1n) is 19.3. The van der Waals surface area contributed by atoms with E-state index in [1.807, 2.05) is 6.08 Å². The van der Waals surface area contributed by atoms with E-state index in [-0.39, 0.29) is 41.6 Å². The van der Waals surface area contributed by atoms with E-state index in [0.29, 0.717) is 5.75 Å². The second-order valence-corrected chi connectivity index (χ2v) is 19.9. The highest BCUT2D eigenvalue weighted by Gasteiger charge is 2.50. The number of aliphatic hydroxyl groups is 2. The zero-order valence-corrected chi connectivity index (χ0v) is 37.4. The monoisotopic (exact) mass is 947 g/mol. The van der Waals surface area contributed by atoms with E-state index in [9.17, 15) is 57.9 Å². The van der Waals surface area contributed by atoms with Gasteiger partial charge in [-0.3, -0.25) is 32.5 Å². The maximum absolute atomic E-state index is 12.7. The number of phosphoric ester groups is 3. The van der Waals surface area contributed by atoms with Crippen molar-refractivity contribution in [1.29, 1.82) is 0 Å². The molecule has 0 aliphatic carbocycles. The van der Waals surface area contributed by atoms with Gasteiger partial charge < -0.3 is 50.9 Å². The Morgan fingerprint density at radius 3 is 2.36 bits per heavy atom. The summed E-state index contributed by atoms with van der Waals surface area (Å²) in [6, 6.07) is 0. The van der Waals surface area contributed by atoms with Gasteiger partial charge in [0, 0.05) is 30.7 Å². The van der Waals surface area contributed by atoms with Gasteiger partial charge in [-0.25, -0.2) is 28.6 Å². The minimum absolute atomic E-state index is 0.0317. The van der Waals surface area contributed by atoms with E-state index in [1.54, 1.807) is 0 Å². The summed E-state index contributed by atoms with van der Waals surface area (Å²) in [6.07, 6.45) is 5.64. The Bertz CT molecular complexity index is 1940. The van der Waals surface area contributed by atoms with Gasteiger partial charge in [0.1, 0.15) is 36.3 Å².